The van der Waals surface area contributed by atoms with Gasteiger partial charge in [-0.25, -0.2) is 9.55 Å². The first-order chi connectivity index (χ1) is 17.1. The molecule has 5 rings (SSSR count). The molecule has 0 fully saturated rings. The van der Waals surface area contributed by atoms with Crippen molar-refractivity contribution in [3.63, 3.8) is 0 Å². The zero-order valence-electron chi connectivity index (χ0n) is 18.7. The SMILES string of the molecule is COc1ccccc1-n1c(SCC(=O)NCc2ccccc2Cl)nc2c([nH]c3ccccc32)c1=O. The van der Waals surface area contributed by atoms with Crippen LogP contribution in [-0.4, -0.2) is 33.3 Å². The van der Waals surface area contributed by atoms with Crippen molar-refractivity contribution < 1.29 is 9.53 Å². The molecule has 2 aromatic heterocycles. The number of halogens is 1. The maximum Gasteiger partial charge on any atom is 0.283 e. The second-order valence-corrected chi connectivity index (χ2v) is 9.11. The lowest BCUT2D eigenvalue weighted by molar-refractivity contribution is -0.118. The Labute approximate surface area is 210 Å². The number of carbonyl (C=O) groups is 1. The van der Waals surface area contributed by atoms with Crippen molar-refractivity contribution in [1.82, 2.24) is 19.9 Å². The van der Waals surface area contributed by atoms with Crippen LogP contribution in [0.2, 0.25) is 5.02 Å². The highest BCUT2D eigenvalue weighted by Crippen LogP contribution is 2.29. The molecule has 0 radical (unpaired) electrons. The number of aromatic amines is 1. The third-order valence-corrected chi connectivity index (χ3v) is 6.89. The lowest BCUT2D eigenvalue weighted by atomic mass is 10.2. The van der Waals surface area contributed by atoms with Crippen molar-refractivity contribution >= 4 is 51.2 Å². The molecule has 0 aliphatic rings. The van der Waals surface area contributed by atoms with E-state index < -0.39 is 0 Å². The molecular formula is C26H21ClN4O3S. The van der Waals surface area contributed by atoms with Gasteiger partial charge in [0.25, 0.3) is 5.56 Å². The van der Waals surface area contributed by atoms with Gasteiger partial charge in [-0.1, -0.05) is 71.9 Å². The van der Waals surface area contributed by atoms with Crippen LogP contribution < -0.4 is 15.6 Å². The molecule has 0 unspecified atom stereocenters. The highest BCUT2D eigenvalue weighted by Gasteiger charge is 2.20. The maximum absolute atomic E-state index is 13.7. The van der Waals surface area contributed by atoms with Crippen molar-refractivity contribution in [2.75, 3.05) is 12.9 Å². The average molecular weight is 505 g/mol. The number of para-hydroxylation sites is 3. The first-order valence-electron chi connectivity index (χ1n) is 10.9. The first kappa shape index (κ1) is 23.0. The molecule has 176 valence electrons. The van der Waals surface area contributed by atoms with Gasteiger partial charge in [0.1, 0.15) is 16.8 Å². The standard InChI is InChI=1S/C26H21ClN4O3S/c1-34-21-13-7-6-12-20(21)31-25(33)24-23(17-9-3-5-11-19(17)29-24)30-26(31)35-15-22(32)28-14-16-8-2-4-10-18(16)27/h2-13,29H,14-15H2,1H3,(H,28,32). The number of hydrogen-bond donors (Lipinski definition) is 2. The molecule has 0 aliphatic heterocycles. The van der Waals surface area contributed by atoms with Crippen molar-refractivity contribution in [3.8, 4) is 11.4 Å². The average Bonchev–Trinajstić information content (AvgIpc) is 3.26. The summed E-state index contributed by atoms with van der Waals surface area (Å²) in [5.41, 5.74) is 2.89. The number of fused-ring (bicyclic) bond motifs is 3. The third-order valence-electron chi connectivity index (χ3n) is 5.59. The summed E-state index contributed by atoms with van der Waals surface area (Å²) in [6.07, 6.45) is 0. The van der Waals surface area contributed by atoms with E-state index in [9.17, 15) is 9.59 Å². The monoisotopic (exact) mass is 504 g/mol. The van der Waals surface area contributed by atoms with Crippen LogP contribution in [0.1, 0.15) is 5.56 Å². The first-order valence-corrected chi connectivity index (χ1v) is 12.2. The predicted octanol–water partition coefficient (Wildman–Crippen LogP) is 4.94. The summed E-state index contributed by atoms with van der Waals surface area (Å²) in [4.78, 5) is 34.4. The number of rotatable bonds is 7. The minimum atomic E-state index is -0.269. The molecule has 0 spiro atoms. The molecule has 35 heavy (non-hydrogen) atoms. The smallest absolute Gasteiger partial charge is 0.283 e. The van der Waals surface area contributed by atoms with Gasteiger partial charge in [-0.2, -0.15) is 0 Å². The Balaban J connectivity index is 1.52. The van der Waals surface area contributed by atoms with Crippen LogP contribution in [0.25, 0.3) is 27.6 Å². The zero-order chi connectivity index (χ0) is 24.4. The van der Waals surface area contributed by atoms with Crippen molar-refractivity contribution in [2.45, 2.75) is 11.7 Å². The number of aromatic nitrogens is 3. The summed E-state index contributed by atoms with van der Waals surface area (Å²) in [5.74, 6) is 0.395. The predicted molar refractivity (Wildman–Crippen MR) is 140 cm³/mol. The fraction of sp³-hybridized carbons (Fsp3) is 0.115. The summed E-state index contributed by atoms with van der Waals surface area (Å²) in [7, 11) is 1.55. The number of benzene rings is 3. The van der Waals surface area contributed by atoms with Crippen LogP contribution >= 0.6 is 23.4 Å². The fourth-order valence-corrected chi connectivity index (χ4v) is 4.91. The Kier molecular flexibility index (Phi) is 6.48. The van der Waals surface area contributed by atoms with Gasteiger partial charge in [0, 0.05) is 22.5 Å². The molecule has 1 amide bonds. The van der Waals surface area contributed by atoms with E-state index >= 15 is 0 Å². The minimum Gasteiger partial charge on any atom is -0.495 e. The number of amides is 1. The molecule has 0 atom stereocenters. The summed E-state index contributed by atoms with van der Waals surface area (Å²) in [6, 6.07) is 22.2. The van der Waals surface area contributed by atoms with Crippen LogP contribution in [0.5, 0.6) is 5.75 Å². The molecule has 9 heteroatoms. The Bertz CT molecular complexity index is 1610. The Morgan fingerprint density at radius 2 is 1.83 bits per heavy atom. The number of thioether (sulfide) groups is 1. The highest BCUT2D eigenvalue weighted by molar-refractivity contribution is 7.99. The molecule has 0 bridgehead atoms. The molecule has 0 saturated carbocycles. The molecule has 7 nitrogen and oxygen atoms in total. The van der Waals surface area contributed by atoms with Gasteiger partial charge in [-0.3, -0.25) is 9.59 Å². The summed E-state index contributed by atoms with van der Waals surface area (Å²) in [5, 5.41) is 4.71. The third kappa shape index (κ3) is 4.50. The Hall–Kier alpha value is -3.75. The number of methoxy groups -OCH3 is 1. The van der Waals surface area contributed by atoms with Gasteiger partial charge in [-0.05, 0) is 29.8 Å². The van der Waals surface area contributed by atoms with E-state index in [4.69, 9.17) is 21.3 Å². The van der Waals surface area contributed by atoms with Gasteiger partial charge >= 0.3 is 0 Å². The quantitative estimate of drug-likeness (QED) is 0.242. The molecule has 3 aromatic carbocycles. The van der Waals surface area contributed by atoms with Gasteiger partial charge in [0.15, 0.2) is 5.16 Å². The summed E-state index contributed by atoms with van der Waals surface area (Å²) < 4.78 is 6.99. The van der Waals surface area contributed by atoms with Crippen molar-refractivity contribution in [3.05, 3.63) is 93.7 Å². The molecule has 0 aliphatic carbocycles. The van der Waals surface area contributed by atoms with Crippen LogP contribution in [0, 0.1) is 0 Å². The van der Waals surface area contributed by atoms with Gasteiger partial charge in [-0.15, -0.1) is 0 Å². The van der Waals surface area contributed by atoms with Crippen molar-refractivity contribution in [2.24, 2.45) is 0 Å². The number of nitrogens with one attached hydrogen (secondary N) is 2. The molecular weight excluding hydrogens is 484 g/mol. The second-order valence-electron chi connectivity index (χ2n) is 7.76. The fourth-order valence-electron chi connectivity index (χ4n) is 3.88. The Morgan fingerprint density at radius 3 is 2.66 bits per heavy atom. The molecule has 2 N–H and O–H groups in total. The van der Waals surface area contributed by atoms with E-state index in [2.05, 4.69) is 10.3 Å². The van der Waals surface area contributed by atoms with Gasteiger partial charge in [0.2, 0.25) is 5.91 Å². The van der Waals surface area contributed by atoms with Crippen LogP contribution in [0.15, 0.2) is 82.7 Å². The van der Waals surface area contributed by atoms with Crippen molar-refractivity contribution in [1.29, 1.82) is 0 Å². The van der Waals surface area contributed by atoms with Gasteiger partial charge < -0.3 is 15.0 Å². The van der Waals surface area contributed by atoms with E-state index in [0.29, 0.717) is 39.2 Å². The minimum absolute atomic E-state index is 0.0693. The number of hydrogen-bond acceptors (Lipinski definition) is 5. The highest BCUT2D eigenvalue weighted by atomic mass is 35.5. The summed E-state index contributed by atoms with van der Waals surface area (Å²) in [6.45, 7) is 0.313. The van der Waals surface area contributed by atoms with E-state index in [1.54, 1.807) is 25.3 Å². The lowest BCUT2D eigenvalue weighted by Gasteiger charge is -2.15. The molecule has 5 aromatic rings. The number of H-pyrrole nitrogens is 1. The number of ether oxygens (including phenoxy) is 1. The number of nitrogens with zero attached hydrogens (tertiary/aromatic N) is 2. The van der Waals surface area contributed by atoms with Crippen LogP contribution in [0.3, 0.4) is 0 Å². The topological polar surface area (TPSA) is 89.0 Å². The van der Waals surface area contributed by atoms with Crippen LogP contribution in [0.4, 0.5) is 0 Å². The normalized spacial score (nSPS) is 11.1. The maximum atomic E-state index is 13.7. The van der Waals surface area contributed by atoms with E-state index in [1.165, 1.54) is 16.3 Å². The summed E-state index contributed by atoms with van der Waals surface area (Å²) >= 11 is 7.38. The number of carbonyl (C=O) groups excluding carboxylic acids is 1. The zero-order valence-corrected chi connectivity index (χ0v) is 20.3. The Morgan fingerprint density at radius 1 is 1.09 bits per heavy atom. The molecule has 2 heterocycles. The largest absolute Gasteiger partial charge is 0.495 e. The van der Waals surface area contributed by atoms with Crippen LogP contribution in [-0.2, 0) is 11.3 Å². The van der Waals surface area contributed by atoms with E-state index in [-0.39, 0.29) is 17.2 Å². The van der Waals surface area contributed by atoms with Gasteiger partial charge in [0.05, 0.1) is 18.6 Å². The van der Waals surface area contributed by atoms with E-state index in [0.717, 1.165) is 16.5 Å². The molecule has 0 saturated heterocycles. The van der Waals surface area contributed by atoms with E-state index in [1.807, 2.05) is 54.6 Å². The lowest BCUT2D eigenvalue weighted by Crippen LogP contribution is -2.26. The second kappa shape index (κ2) is 9.85.